The maximum atomic E-state index is 6.05. The quantitative estimate of drug-likeness (QED) is 0.908. The van der Waals surface area contributed by atoms with Gasteiger partial charge in [0.25, 0.3) is 0 Å². The SMILES string of the molecule is CC1(CN)CCN(CCOc2ccc(Cl)cc2Cl)C1. The summed E-state index contributed by atoms with van der Waals surface area (Å²) in [5, 5.41) is 1.18. The molecule has 0 radical (unpaired) electrons. The molecule has 1 aliphatic rings. The number of ether oxygens (including phenoxy) is 1. The van der Waals surface area contributed by atoms with Crippen molar-refractivity contribution in [1.29, 1.82) is 0 Å². The molecule has 106 valence electrons. The number of rotatable bonds is 5. The molecule has 5 heteroatoms. The lowest BCUT2D eigenvalue weighted by atomic mass is 9.90. The molecule has 1 aliphatic heterocycles. The van der Waals surface area contributed by atoms with Crippen molar-refractivity contribution in [1.82, 2.24) is 4.90 Å². The Hall–Kier alpha value is -0.480. The van der Waals surface area contributed by atoms with Crippen molar-refractivity contribution in [2.24, 2.45) is 11.1 Å². The smallest absolute Gasteiger partial charge is 0.138 e. The lowest BCUT2D eigenvalue weighted by Crippen LogP contribution is -2.33. The van der Waals surface area contributed by atoms with Gasteiger partial charge in [0.2, 0.25) is 0 Å². The first-order chi connectivity index (χ1) is 9.02. The highest BCUT2D eigenvalue weighted by atomic mass is 35.5. The average Bonchev–Trinajstić information content (AvgIpc) is 2.75. The zero-order valence-electron chi connectivity index (χ0n) is 11.2. The van der Waals surface area contributed by atoms with E-state index < -0.39 is 0 Å². The zero-order chi connectivity index (χ0) is 13.9. The van der Waals surface area contributed by atoms with Crippen LogP contribution in [0.15, 0.2) is 18.2 Å². The van der Waals surface area contributed by atoms with Gasteiger partial charge in [-0.1, -0.05) is 30.1 Å². The molecule has 0 amide bonds. The highest BCUT2D eigenvalue weighted by molar-refractivity contribution is 6.35. The van der Waals surface area contributed by atoms with Crippen LogP contribution in [0.5, 0.6) is 5.75 Å². The van der Waals surface area contributed by atoms with Crippen LogP contribution in [0.3, 0.4) is 0 Å². The van der Waals surface area contributed by atoms with E-state index in [2.05, 4.69) is 11.8 Å². The number of halogens is 2. The van der Waals surface area contributed by atoms with E-state index in [1.165, 1.54) is 0 Å². The van der Waals surface area contributed by atoms with Crippen molar-refractivity contribution in [2.45, 2.75) is 13.3 Å². The summed E-state index contributed by atoms with van der Waals surface area (Å²) in [6.45, 7) is 6.64. The molecule has 19 heavy (non-hydrogen) atoms. The Kier molecular flexibility index (Phi) is 4.96. The van der Waals surface area contributed by atoms with E-state index in [-0.39, 0.29) is 5.41 Å². The number of nitrogens with two attached hydrogens (primary N) is 1. The number of hydrogen-bond acceptors (Lipinski definition) is 3. The zero-order valence-corrected chi connectivity index (χ0v) is 12.7. The first kappa shape index (κ1) is 14.9. The van der Waals surface area contributed by atoms with E-state index in [0.717, 1.165) is 32.6 Å². The second-order valence-electron chi connectivity index (χ2n) is 5.46. The van der Waals surface area contributed by atoms with Gasteiger partial charge in [0.1, 0.15) is 12.4 Å². The van der Waals surface area contributed by atoms with E-state index in [0.29, 0.717) is 22.4 Å². The third kappa shape index (κ3) is 3.99. The summed E-state index contributed by atoms with van der Waals surface area (Å²) < 4.78 is 5.69. The summed E-state index contributed by atoms with van der Waals surface area (Å²) in [4.78, 5) is 2.39. The summed E-state index contributed by atoms with van der Waals surface area (Å²) in [7, 11) is 0. The molecule has 3 nitrogen and oxygen atoms in total. The molecular weight excluding hydrogens is 283 g/mol. The van der Waals surface area contributed by atoms with Gasteiger partial charge in [-0.2, -0.15) is 0 Å². The number of likely N-dealkylation sites (tertiary alicyclic amines) is 1. The number of nitrogens with zero attached hydrogens (tertiary/aromatic N) is 1. The van der Waals surface area contributed by atoms with Crippen molar-refractivity contribution < 1.29 is 4.74 Å². The second-order valence-corrected chi connectivity index (χ2v) is 6.31. The molecule has 1 heterocycles. The van der Waals surface area contributed by atoms with Gasteiger partial charge in [-0.15, -0.1) is 0 Å². The highest BCUT2D eigenvalue weighted by Crippen LogP contribution is 2.29. The second kappa shape index (κ2) is 6.31. The standard InChI is InChI=1S/C14H20Cl2N2O/c1-14(9-17)4-5-18(10-14)6-7-19-13-3-2-11(15)8-12(13)16/h2-3,8H,4-7,9-10,17H2,1H3. The molecule has 0 aromatic heterocycles. The topological polar surface area (TPSA) is 38.5 Å². The minimum Gasteiger partial charge on any atom is -0.491 e. The van der Waals surface area contributed by atoms with Crippen LogP contribution in [0.2, 0.25) is 10.0 Å². The molecule has 2 rings (SSSR count). The largest absolute Gasteiger partial charge is 0.491 e. The molecular formula is C14H20Cl2N2O. The van der Waals surface area contributed by atoms with E-state index in [1.54, 1.807) is 18.2 Å². The lowest BCUT2D eigenvalue weighted by Gasteiger charge is -2.22. The number of hydrogen-bond donors (Lipinski definition) is 1. The molecule has 1 unspecified atom stereocenters. The molecule has 0 bridgehead atoms. The van der Waals surface area contributed by atoms with Crippen LogP contribution >= 0.6 is 23.2 Å². The first-order valence-corrected chi connectivity index (χ1v) is 7.28. The van der Waals surface area contributed by atoms with Crippen molar-refractivity contribution in [3.63, 3.8) is 0 Å². The third-order valence-electron chi connectivity index (χ3n) is 3.69. The van der Waals surface area contributed by atoms with Crippen LogP contribution < -0.4 is 10.5 Å². The summed E-state index contributed by atoms with van der Waals surface area (Å²) in [5.41, 5.74) is 6.06. The van der Waals surface area contributed by atoms with E-state index in [9.17, 15) is 0 Å². The summed E-state index contributed by atoms with van der Waals surface area (Å²) >= 11 is 11.9. The Morgan fingerprint density at radius 2 is 2.21 bits per heavy atom. The minimum atomic E-state index is 0.262. The molecule has 2 N–H and O–H groups in total. The van der Waals surface area contributed by atoms with Crippen molar-refractivity contribution >= 4 is 23.2 Å². The molecule has 0 aliphatic carbocycles. The monoisotopic (exact) mass is 302 g/mol. The van der Waals surface area contributed by atoms with Gasteiger partial charge >= 0.3 is 0 Å². The summed E-state index contributed by atoms with van der Waals surface area (Å²) in [6, 6.07) is 5.28. The number of benzene rings is 1. The van der Waals surface area contributed by atoms with Crippen molar-refractivity contribution in [2.75, 3.05) is 32.8 Å². The fourth-order valence-electron chi connectivity index (χ4n) is 2.36. The predicted molar refractivity (Wildman–Crippen MR) is 80.2 cm³/mol. The van der Waals surface area contributed by atoms with Crippen LogP contribution in [0.25, 0.3) is 0 Å². The van der Waals surface area contributed by atoms with Crippen LogP contribution in [0.1, 0.15) is 13.3 Å². The van der Waals surface area contributed by atoms with Crippen LogP contribution in [0, 0.1) is 5.41 Å². The average molecular weight is 303 g/mol. The minimum absolute atomic E-state index is 0.262. The van der Waals surface area contributed by atoms with Gasteiger partial charge in [0.15, 0.2) is 0 Å². The molecule has 1 saturated heterocycles. The first-order valence-electron chi connectivity index (χ1n) is 6.53. The van der Waals surface area contributed by atoms with Crippen molar-refractivity contribution in [3.8, 4) is 5.75 Å². The van der Waals surface area contributed by atoms with Gasteiger partial charge in [0.05, 0.1) is 5.02 Å². The Labute approximate surface area is 124 Å². The molecule has 1 aromatic carbocycles. The van der Waals surface area contributed by atoms with Crippen LogP contribution in [-0.4, -0.2) is 37.7 Å². The Morgan fingerprint density at radius 3 is 2.84 bits per heavy atom. The third-order valence-corrected chi connectivity index (χ3v) is 4.22. The van der Waals surface area contributed by atoms with E-state index in [4.69, 9.17) is 33.7 Å². The summed E-state index contributed by atoms with van der Waals surface area (Å²) in [6.07, 6.45) is 1.16. The van der Waals surface area contributed by atoms with Gasteiger partial charge in [-0.05, 0) is 43.1 Å². The van der Waals surface area contributed by atoms with E-state index in [1.807, 2.05) is 0 Å². The lowest BCUT2D eigenvalue weighted by molar-refractivity contribution is 0.219. The van der Waals surface area contributed by atoms with Gasteiger partial charge in [0, 0.05) is 18.1 Å². The fraction of sp³-hybridized carbons (Fsp3) is 0.571. The summed E-state index contributed by atoms with van der Waals surface area (Å²) in [5.74, 6) is 0.687. The van der Waals surface area contributed by atoms with Crippen LogP contribution in [-0.2, 0) is 0 Å². The molecule has 1 fully saturated rings. The maximum absolute atomic E-state index is 6.05. The van der Waals surface area contributed by atoms with Crippen molar-refractivity contribution in [3.05, 3.63) is 28.2 Å². The highest BCUT2D eigenvalue weighted by Gasteiger charge is 2.31. The van der Waals surface area contributed by atoms with Gasteiger partial charge in [-0.3, -0.25) is 4.90 Å². The van der Waals surface area contributed by atoms with Gasteiger partial charge in [-0.25, -0.2) is 0 Å². The predicted octanol–water partition coefficient (Wildman–Crippen LogP) is 3.04. The fourth-order valence-corrected chi connectivity index (χ4v) is 2.82. The van der Waals surface area contributed by atoms with Gasteiger partial charge < -0.3 is 10.5 Å². The maximum Gasteiger partial charge on any atom is 0.138 e. The molecule has 1 aromatic rings. The van der Waals surface area contributed by atoms with E-state index >= 15 is 0 Å². The Morgan fingerprint density at radius 1 is 1.42 bits per heavy atom. The van der Waals surface area contributed by atoms with Crippen LogP contribution in [0.4, 0.5) is 0 Å². The molecule has 0 saturated carbocycles. The molecule has 0 spiro atoms. The normalized spacial score (nSPS) is 23.8. The Bertz CT molecular complexity index is 441. The Balaban J connectivity index is 1.78. The molecule has 1 atom stereocenters.